The molecule has 2 N–H and O–H groups in total. The molecule has 0 unspecified atom stereocenters. The molecule has 0 aliphatic heterocycles. The molecule has 9 heteroatoms. The Morgan fingerprint density at radius 2 is 2.26 bits per heavy atom. The number of H-pyrrole nitrogens is 1. The summed E-state index contributed by atoms with van der Waals surface area (Å²) >= 11 is 4.97. The van der Waals surface area contributed by atoms with Crippen molar-refractivity contribution in [2.24, 2.45) is 5.10 Å². The second-order valence-electron chi connectivity index (χ2n) is 4.55. The normalized spacial score (nSPS) is 11.0. The first-order valence-electron chi connectivity index (χ1n) is 6.56. The largest absolute Gasteiger partial charge is 0.288 e. The van der Waals surface area contributed by atoms with E-state index in [2.05, 4.69) is 46.6 Å². The number of rotatable bonds is 4. The van der Waals surface area contributed by atoms with Crippen LogP contribution in [0.3, 0.4) is 0 Å². The maximum atomic E-state index is 11.4. The van der Waals surface area contributed by atoms with Crippen LogP contribution in [0, 0.1) is 6.92 Å². The Labute approximate surface area is 143 Å². The minimum atomic E-state index is -0.303. The van der Waals surface area contributed by atoms with E-state index in [-0.39, 0.29) is 11.5 Å². The molecule has 116 valence electrons. The number of aromatic nitrogens is 4. The van der Waals surface area contributed by atoms with Crippen molar-refractivity contribution < 1.29 is 0 Å². The number of hydrogen-bond acceptors (Lipinski definition) is 7. The van der Waals surface area contributed by atoms with Gasteiger partial charge in [0.25, 0.3) is 5.56 Å². The third-order valence-corrected chi connectivity index (χ3v) is 4.22. The van der Waals surface area contributed by atoms with Crippen LogP contribution in [0.4, 0.5) is 5.95 Å². The van der Waals surface area contributed by atoms with E-state index in [4.69, 9.17) is 0 Å². The number of aryl methyl sites for hydroxylation is 1. The Bertz CT molecular complexity index is 919. The molecule has 0 atom stereocenters. The van der Waals surface area contributed by atoms with Gasteiger partial charge in [-0.15, -0.1) is 21.5 Å². The molecule has 1 aromatic carbocycles. The Hall–Kier alpha value is -2.39. The number of benzene rings is 1. The van der Waals surface area contributed by atoms with Crippen LogP contribution in [-0.4, -0.2) is 26.4 Å². The lowest BCUT2D eigenvalue weighted by atomic mass is 10.2. The van der Waals surface area contributed by atoms with Crippen molar-refractivity contribution in [2.75, 3.05) is 5.43 Å². The molecule has 3 rings (SSSR count). The summed E-state index contributed by atoms with van der Waals surface area (Å²) in [7, 11) is 0. The minimum absolute atomic E-state index is 0.180. The first-order chi connectivity index (χ1) is 11.1. The summed E-state index contributed by atoms with van der Waals surface area (Å²) in [4.78, 5) is 18.4. The van der Waals surface area contributed by atoms with E-state index in [1.165, 1.54) is 11.3 Å². The van der Waals surface area contributed by atoms with Crippen LogP contribution in [0.25, 0.3) is 10.6 Å². The summed E-state index contributed by atoms with van der Waals surface area (Å²) in [5.74, 6) is 0.180. The molecule has 0 radical (unpaired) electrons. The average Bonchev–Trinajstić information content (AvgIpc) is 3.00. The van der Waals surface area contributed by atoms with Crippen molar-refractivity contribution in [3.05, 3.63) is 55.9 Å². The number of thiazole rings is 1. The molecule has 0 amide bonds. The predicted octanol–water partition coefficient (Wildman–Crippen LogP) is 2.81. The van der Waals surface area contributed by atoms with E-state index < -0.39 is 0 Å². The van der Waals surface area contributed by atoms with Gasteiger partial charge in [0.15, 0.2) is 0 Å². The molecule has 3 aromatic rings. The minimum Gasteiger partial charge on any atom is -0.288 e. The van der Waals surface area contributed by atoms with Crippen LogP contribution in [-0.2, 0) is 0 Å². The number of aromatic amines is 1. The van der Waals surface area contributed by atoms with E-state index in [9.17, 15) is 4.79 Å². The lowest BCUT2D eigenvalue weighted by Crippen LogP contribution is -2.15. The number of nitrogens with one attached hydrogen (secondary N) is 2. The molecule has 0 spiro atoms. The van der Waals surface area contributed by atoms with Gasteiger partial charge in [-0.1, -0.05) is 28.1 Å². The lowest BCUT2D eigenvalue weighted by Gasteiger charge is -1.97. The van der Waals surface area contributed by atoms with Gasteiger partial charge >= 0.3 is 0 Å². The molecule has 0 saturated heterocycles. The first kappa shape index (κ1) is 15.5. The number of hydrazone groups is 1. The SMILES string of the molecule is Cc1nnc(N/N=C\c2csc(-c3cccc(Br)c3)n2)[nH]c1=O. The Morgan fingerprint density at radius 1 is 1.39 bits per heavy atom. The van der Waals surface area contributed by atoms with Crippen LogP contribution in [0.5, 0.6) is 0 Å². The van der Waals surface area contributed by atoms with Gasteiger partial charge in [-0.2, -0.15) is 5.10 Å². The van der Waals surface area contributed by atoms with Crippen molar-refractivity contribution in [1.82, 2.24) is 20.2 Å². The number of nitrogens with zero attached hydrogens (tertiary/aromatic N) is 4. The zero-order chi connectivity index (χ0) is 16.2. The van der Waals surface area contributed by atoms with Crippen molar-refractivity contribution >= 4 is 39.4 Å². The molecule has 2 aromatic heterocycles. The fourth-order valence-corrected chi connectivity index (χ4v) is 2.87. The topological polar surface area (TPSA) is 95.9 Å². The van der Waals surface area contributed by atoms with E-state index in [1.807, 2.05) is 29.6 Å². The van der Waals surface area contributed by atoms with Crippen LogP contribution >= 0.6 is 27.3 Å². The first-order valence-corrected chi connectivity index (χ1v) is 8.23. The van der Waals surface area contributed by atoms with Gasteiger partial charge in [-0.25, -0.2) is 10.4 Å². The molecular formula is C14H11BrN6OS. The maximum absolute atomic E-state index is 11.4. The van der Waals surface area contributed by atoms with Gasteiger partial charge < -0.3 is 0 Å². The summed E-state index contributed by atoms with van der Waals surface area (Å²) in [6.07, 6.45) is 1.55. The van der Waals surface area contributed by atoms with Gasteiger partial charge in [-0.05, 0) is 19.1 Å². The number of hydrogen-bond donors (Lipinski definition) is 2. The second-order valence-corrected chi connectivity index (χ2v) is 6.32. The van der Waals surface area contributed by atoms with Crippen LogP contribution in [0.1, 0.15) is 11.4 Å². The van der Waals surface area contributed by atoms with E-state index in [0.29, 0.717) is 11.4 Å². The summed E-state index contributed by atoms with van der Waals surface area (Å²) < 4.78 is 1.00. The highest BCUT2D eigenvalue weighted by Gasteiger charge is 2.04. The molecule has 0 aliphatic carbocycles. The second kappa shape index (κ2) is 6.80. The molecule has 0 fully saturated rings. The zero-order valence-electron chi connectivity index (χ0n) is 11.9. The number of halogens is 1. The lowest BCUT2D eigenvalue weighted by molar-refractivity contribution is 0.897. The van der Waals surface area contributed by atoms with E-state index >= 15 is 0 Å². The molecule has 23 heavy (non-hydrogen) atoms. The van der Waals surface area contributed by atoms with Gasteiger partial charge in [0.05, 0.1) is 11.9 Å². The zero-order valence-corrected chi connectivity index (χ0v) is 14.3. The van der Waals surface area contributed by atoms with Gasteiger partial charge in [0, 0.05) is 15.4 Å². The van der Waals surface area contributed by atoms with Crippen molar-refractivity contribution in [3.8, 4) is 10.6 Å². The Kier molecular flexibility index (Phi) is 4.58. The number of anilines is 1. The van der Waals surface area contributed by atoms with Gasteiger partial charge in [-0.3, -0.25) is 9.78 Å². The quantitative estimate of drug-likeness (QED) is 0.527. The highest BCUT2D eigenvalue weighted by atomic mass is 79.9. The van der Waals surface area contributed by atoms with Crippen LogP contribution < -0.4 is 11.0 Å². The third kappa shape index (κ3) is 3.88. The summed E-state index contributed by atoms with van der Waals surface area (Å²) in [5.41, 5.74) is 4.36. The van der Waals surface area contributed by atoms with E-state index in [1.54, 1.807) is 13.1 Å². The van der Waals surface area contributed by atoms with Crippen molar-refractivity contribution in [3.63, 3.8) is 0 Å². The monoisotopic (exact) mass is 390 g/mol. The van der Waals surface area contributed by atoms with Crippen molar-refractivity contribution in [2.45, 2.75) is 6.92 Å². The molecule has 2 heterocycles. The fourth-order valence-electron chi connectivity index (χ4n) is 1.70. The third-order valence-electron chi connectivity index (χ3n) is 2.82. The fraction of sp³-hybridized carbons (Fsp3) is 0.0714. The molecule has 0 saturated carbocycles. The Balaban J connectivity index is 1.71. The summed E-state index contributed by atoms with van der Waals surface area (Å²) in [6, 6.07) is 7.93. The molecule has 7 nitrogen and oxygen atoms in total. The molecule has 0 bridgehead atoms. The maximum Gasteiger partial charge on any atom is 0.274 e. The smallest absolute Gasteiger partial charge is 0.274 e. The standard InChI is InChI=1S/C14H11BrN6OS/c1-8-12(22)18-14(21-19-8)20-16-6-11-7-23-13(17-11)9-3-2-4-10(15)5-9/h2-7H,1H3,(H2,18,20,21,22)/b16-6-. The molecule has 0 aliphatic rings. The van der Waals surface area contributed by atoms with Crippen LogP contribution in [0.15, 0.2) is 44.0 Å². The molecular weight excluding hydrogens is 380 g/mol. The Morgan fingerprint density at radius 3 is 3.04 bits per heavy atom. The average molecular weight is 391 g/mol. The predicted molar refractivity (Wildman–Crippen MR) is 93.9 cm³/mol. The summed E-state index contributed by atoms with van der Waals surface area (Å²) in [6.45, 7) is 1.58. The van der Waals surface area contributed by atoms with E-state index in [0.717, 1.165) is 15.0 Å². The van der Waals surface area contributed by atoms with Gasteiger partial charge in [0.1, 0.15) is 10.7 Å². The van der Waals surface area contributed by atoms with Gasteiger partial charge in [0.2, 0.25) is 5.95 Å². The summed E-state index contributed by atoms with van der Waals surface area (Å²) in [5, 5.41) is 14.3. The highest BCUT2D eigenvalue weighted by molar-refractivity contribution is 9.10. The van der Waals surface area contributed by atoms with Crippen LogP contribution in [0.2, 0.25) is 0 Å². The highest BCUT2D eigenvalue weighted by Crippen LogP contribution is 2.25. The van der Waals surface area contributed by atoms with Crippen molar-refractivity contribution in [1.29, 1.82) is 0 Å².